The highest BCUT2D eigenvalue weighted by molar-refractivity contribution is 6.30. The second-order valence-corrected chi connectivity index (χ2v) is 18.7. The summed E-state index contributed by atoms with van der Waals surface area (Å²) in [7, 11) is 8.19. The van der Waals surface area contributed by atoms with Crippen molar-refractivity contribution in [3.8, 4) is 11.5 Å². The van der Waals surface area contributed by atoms with E-state index >= 15 is 0 Å². The number of carbonyl (C=O) groups is 2. The fraction of sp³-hybridized carbons (Fsp3) is 0.220. The topological polar surface area (TPSA) is 140 Å². The Labute approximate surface area is 425 Å². The number of carboxylic acid groups (broad SMARTS) is 2. The molecule has 0 heterocycles. The zero-order chi connectivity index (χ0) is 51.3. The van der Waals surface area contributed by atoms with Gasteiger partial charge in [-0.25, -0.2) is 9.59 Å². The molecular weight excluding hydrogens is 936 g/mol. The molecule has 0 fully saturated rings. The number of aromatic carboxylic acids is 2. The summed E-state index contributed by atoms with van der Waals surface area (Å²) >= 11 is 12.0. The molecule has 0 saturated carbocycles. The fourth-order valence-corrected chi connectivity index (χ4v) is 8.52. The Hall–Kier alpha value is -6.76. The van der Waals surface area contributed by atoms with Crippen molar-refractivity contribution in [2.24, 2.45) is 0 Å². The van der Waals surface area contributed by atoms with Gasteiger partial charge < -0.3 is 39.7 Å². The summed E-state index contributed by atoms with van der Waals surface area (Å²) in [6.45, 7) is 7.33. The smallest absolute Gasteiger partial charge is 0.339 e. The lowest BCUT2D eigenvalue weighted by Gasteiger charge is -2.32. The van der Waals surface area contributed by atoms with Gasteiger partial charge in [0.15, 0.2) is 0 Å². The number of phenols is 2. The van der Waals surface area contributed by atoms with Gasteiger partial charge in [0.05, 0.1) is 13.2 Å². The van der Waals surface area contributed by atoms with E-state index in [2.05, 4.69) is 47.9 Å². The van der Waals surface area contributed by atoms with Crippen molar-refractivity contribution in [3.05, 3.63) is 224 Å². The molecule has 0 amide bonds. The third kappa shape index (κ3) is 13.4. The molecule has 4 N–H and O–H groups in total. The third-order valence-electron chi connectivity index (χ3n) is 12.4. The number of carboxylic acids is 2. The Balaban J connectivity index is 0.000000178. The standard InChI is InChI=1S/C23H16O6.2C18H22ClNO/c24-20-16(14-7-3-1-5-12(14)9-18(20)22(26)27)11-17-15-8-4-2-6-13(15)10-19(21(17)25)23(28)29;2*1-18(21-14-13-20(2)3,15-7-5-4-6-8-15)16-9-11-17(19)12-10-16/h1-10,24-25H,11H2,(H,26,27)(H,28,29);2*4-12H,13-14H2,1-3H3. The average Bonchev–Trinajstić information content (AvgIpc) is 3.36. The molecule has 71 heavy (non-hydrogen) atoms. The summed E-state index contributed by atoms with van der Waals surface area (Å²) in [5.74, 6) is -3.36. The minimum atomic E-state index is -1.28. The average molecular weight is 996 g/mol. The number of hydrogen-bond donors (Lipinski definition) is 4. The van der Waals surface area contributed by atoms with Gasteiger partial charge in [-0.3, -0.25) is 0 Å². The van der Waals surface area contributed by atoms with Crippen LogP contribution < -0.4 is 0 Å². The van der Waals surface area contributed by atoms with E-state index in [1.54, 1.807) is 48.5 Å². The highest BCUT2D eigenvalue weighted by Crippen LogP contribution is 2.40. The molecule has 0 spiro atoms. The van der Waals surface area contributed by atoms with Crippen molar-refractivity contribution in [1.82, 2.24) is 9.80 Å². The number of fused-ring (bicyclic) bond motifs is 2. The van der Waals surface area contributed by atoms with Crippen LogP contribution in [0, 0.1) is 0 Å². The van der Waals surface area contributed by atoms with Gasteiger partial charge in [-0.1, -0.05) is 157 Å². The normalized spacial score (nSPS) is 12.9. The van der Waals surface area contributed by atoms with E-state index in [0.29, 0.717) is 45.9 Å². The largest absolute Gasteiger partial charge is 0.507 e. The Bertz CT molecular complexity index is 2840. The molecule has 12 heteroatoms. The van der Waals surface area contributed by atoms with Crippen molar-refractivity contribution >= 4 is 56.7 Å². The molecule has 0 aliphatic carbocycles. The molecule has 0 saturated heterocycles. The van der Waals surface area contributed by atoms with Crippen molar-refractivity contribution in [1.29, 1.82) is 0 Å². The first-order valence-corrected chi connectivity index (χ1v) is 23.8. The van der Waals surface area contributed by atoms with Gasteiger partial charge in [0.2, 0.25) is 0 Å². The Morgan fingerprint density at radius 2 is 0.789 bits per heavy atom. The van der Waals surface area contributed by atoms with E-state index in [4.69, 9.17) is 32.7 Å². The molecule has 0 aliphatic rings. The maximum Gasteiger partial charge on any atom is 0.339 e. The zero-order valence-corrected chi connectivity index (χ0v) is 42.3. The van der Waals surface area contributed by atoms with Crippen LogP contribution in [0.5, 0.6) is 11.5 Å². The quantitative estimate of drug-likeness (QED) is 0.0740. The van der Waals surface area contributed by atoms with E-state index in [0.717, 1.165) is 45.4 Å². The summed E-state index contributed by atoms with van der Waals surface area (Å²) in [5, 5.41) is 44.3. The van der Waals surface area contributed by atoms with Gasteiger partial charge in [-0.2, -0.15) is 0 Å². The first-order valence-electron chi connectivity index (χ1n) is 23.1. The predicted octanol–water partition coefficient (Wildman–Crippen LogP) is 12.8. The van der Waals surface area contributed by atoms with Gasteiger partial charge in [0, 0.05) is 40.7 Å². The minimum absolute atomic E-state index is 0.0407. The summed E-state index contributed by atoms with van der Waals surface area (Å²) in [6, 6.07) is 53.2. The van der Waals surface area contributed by atoms with E-state index < -0.39 is 34.6 Å². The van der Waals surface area contributed by atoms with Gasteiger partial charge in [0.25, 0.3) is 0 Å². The first-order chi connectivity index (χ1) is 33.9. The molecule has 0 aliphatic heterocycles. The van der Waals surface area contributed by atoms with Crippen LogP contribution in [0.2, 0.25) is 10.0 Å². The molecule has 0 aromatic heterocycles. The van der Waals surface area contributed by atoms with Crippen LogP contribution in [0.1, 0.15) is 67.9 Å². The van der Waals surface area contributed by atoms with Crippen LogP contribution >= 0.6 is 23.2 Å². The molecule has 0 bridgehead atoms. The van der Waals surface area contributed by atoms with Crippen LogP contribution in [0.4, 0.5) is 0 Å². The molecule has 368 valence electrons. The number of benzene rings is 8. The van der Waals surface area contributed by atoms with Gasteiger partial charge in [-0.15, -0.1) is 0 Å². The summed E-state index contributed by atoms with van der Waals surface area (Å²) in [4.78, 5) is 27.4. The second-order valence-electron chi connectivity index (χ2n) is 17.8. The molecular formula is C59H60Cl2N2O8. The maximum absolute atomic E-state index is 11.6. The number of hydrogen-bond acceptors (Lipinski definition) is 8. The van der Waals surface area contributed by atoms with E-state index in [-0.39, 0.29) is 17.5 Å². The lowest BCUT2D eigenvalue weighted by molar-refractivity contribution is -0.0103. The number of likely N-dealkylation sites (N-methyl/N-ethyl adjacent to an activating group) is 2. The van der Waals surface area contributed by atoms with Gasteiger partial charge >= 0.3 is 11.9 Å². The summed E-state index contributed by atoms with van der Waals surface area (Å²) in [6.07, 6.45) is -0.0407. The molecule has 8 aromatic carbocycles. The number of halogens is 2. The highest BCUT2D eigenvalue weighted by atomic mass is 35.5. The first kappa shape index (κ1) is 53.6. The predicted molar refractivity (Wildman–Crippen MR) is 286 cm³/mol. The number of rotatable bonds is 16. The van der Waals surface area contributed by atoms with Crippen LogP contribution in [-0.4, -0.2) is 96.7 Å². The van der Waals surface area contributed by atoms with Crippen molar-refractivity contribution in [2.45, 2.75) is 31.5 Å². The Kier molecular flexibility index (Phi) is 18.4. The van der Waals surface area contributed by atoms with Crippen LogP contribution in [0.25, 0.3) is 21.5 Å². The zero-order valence-electron chi connectivity index (χ0n) is 40.8. The van der Waals surface area contributed by atoms with Crippen LogP contribution in [-0.2, 0) is 27.1 Å². The highest BCUT2D eigenvalue weighted by Gasteiger charge is 2.31. The van der Waals surface area contributed by atoms with Crippen molar-refractivity contribution < 1.29 is 39.5 Å². The fourth-order valence-electron chi connectivity index (χ4n) is 8.26. The number of ether oxygens (including phenoxy) is 2. The van der Waals surface area contributed by atoms with Gasteiger partial charge in [-0.05, 0) is 122 Å². The van der Waals surface area contributed by atoms with Crippen LogP contribution in [0.3, 0.4) is 0 Å². The molecule has 0 radical (unpaired) electrons. The van der Waals surface area contributed by atoms with Crippen LogP contribution in [0.15, 0.2) is 170 Å². The van der Waals surface area contributed by atoms with E-state index in [1.165, 1.54) is 12.1 Å². The molecule has 2 unspecified atom stereocenters. The van der Waals surface area contributed by atoms with E-state index in [1.807, 2.05) is 113 Å². The number of aromatic hydroxyl groups is 2. The molecule has 8 rings (SSSR count). The van der Waals surface area contributed by atoms with Crippen molar-refractivity contribution in [2.75, 3.05) is 54.5 Å². The maximum atomic E-state index is 11.6. The summed E-state index contributed by atoms with van der Waals surface area (Å²) < 4.78 is 12.5. The minimum Gasteiger partial charge on any atom is -0.507 e. The lowest BCUT2D eigenvalue weighted by Crippen LogP contribution is -2.31. The second kappa shape index (κ2) is 24.4. The SMILES string of the molecule is CN(C)CCOC(C)(c1ccccc1)c1ccc(Cl)cc1.CN(C)CCOC(C)(c1ccccc1)c1ccc(Cl)cc1.O=C(O)c1cc2ccccc2c(Cc2c(O)c(C(=O)O)cc3ccccc23)c1O. The van der Waals surface area contributed by atoms with E-state index in [9.17, 15) is 30.0 Å². The monoisotopic (exact) mass is 994 g/mol. The lowest BCUT2D eigenvalue weighted by atomic mass is 9.88. The van der Waals surface area contributed by atoms with Crippen molar-refractivity contribution in [3.63, 3.8) is 0 Å². The Morgan fingerprint density at radius 1 is 0.479 bits per heavy atom. The number of nitrogens with zero attached hydrogens (tertiary/aromatic N) is 2. The summed E-state index contributed by atoms with van der Waals surface area (Å²) in [5.41, 5.74) is 3.68. The van der Waals surface area contributed by atoms with Gasteiger partial charge in [0.1, 0.15) is 33.8 Å². The molecule has 8 aromatic rings. The Morgan fingerprint density at radius 3 is 1.11 bits per heavy atom. The molecule has 2 atom stereocenters. The molecule has 10 nitrogen and oxygen atoms in total. The third-order valence-corrected chi connectivity index (χ3v) is 12.9.